The molecule has 196 valence electrons. The van der Waals surface area contributed by atoms with Gasteiger partial charge >= 0.3 is 0 Å². The molecule has 3 N–H and O–H groups in total. The van der Waals surface area contributed by atoms with E-state index in [-0.39, 0.29) is 22.0 Å². The summed E-state index contributed by atoms with van der Waals surface area (Å²) in [7, 11) is 0. The van der Waals surface area contributed by atoms with Gasteiger partial charge in [-0.1, -0.05) is 20.8 Å². The van der Waals surface area contributed by atoms with Crippen molar-refractivity contribution in [3.63, 3.8) is 0 Å². The van der Waals surface area contributed by atoms with Crippen LogP contribution in [-0.2, 0) is 4.79 Å². The van der Waals surface area contributed by atoms with Gasteiger partial charge in [-0.3, -0.25) is 14.9 Å². The summed E-state index contributed by atoms with van der Waals surface area (Å²) in [5.41, 5.74) is 4.04. The lowest BCUT2D eigenvalue weighted by Gasteiger charge is -2.17. The molecule has 0 aliphatic rings. The van der Waals surface area contributed by atoms with Crippen LogP contribution in [0.4, 0.5) is 14.5 Å². The maximum Gasteiger partial charge on any atom is 0.224 e. The highest BCUT2D eigenvalue weighted by atomic mass is 32.1. The Hall–Kier alpha value is -4.51. The summed E-state index contributed by atoms with van der Waals surface area (Å²) in [4.78, 5) is 29.6. The third-order valence-electron chi connectivity index (χ3n) is 6.13. The van der Waals surface area contributed by atoms with E-state index in [1.54, 1.807) is 42.9 Å². The fourth-order valence-corrected chi connectivity index (χ4v) is 5.23. The van der Waals surface area contributed by atoms with Gasteiger partial charge in [0.1, 0.15) is 11.2 Å². The third kappa shape index (κ3) is 4.88. The molecular formula is C28H23F2N7OS. The molecule has 6 aromatic rings. The third-order valence-corrected chi connectivity index (χ3v) is 7.03. The predicted octanol–water partition coefficient (Wildman–Crippen LogP) is 6.94. The zero-order chi connectivity index (χ0) is 27.3. The van der Waals surface area contributed by atoms with Crippen LogP contribution in [0.3, 0.4) is 0 Å². The van der Waals surface area contributed by atoms with Crippen molar-refractivity contribution in [2.45, 2.75) is 27.2 Å². The number of nitrogens with one attached hydrogen (secondary N) is 3. The molecule has 5 aromatic heterocycles. The number of pyridine rings is 2. The molecule has 0 bridgehead atoms. The van der Waals surface area contributed by atoms with Gasteiger partial charge in [-0.15, -0.1) is 11.3 Å². The van der Waals surface area contributed by atoms with Gasteiger partial charge in [-0.25, -0.2) is 14.4 Å². The Labute approximate surface area is 225 Å². The molecule has 39 heavy (non-hydrogen) atoms. The second-order valence-electron chi connectivity index (χ2n) is 10.4. The van der Waals surface area contributed by atoms with E-state index in [0.29, 0.717) is 51.3 Å². The number of imidazole rings is 1. The first-order valence-corrected chi connectivity index (χ1v) is 13.0. The lowest BCUT2D eigenvalue weighted by atomic mass is 9.92. The molecular weight excluding hydrogens is 520 g/mol. The number of thiophene rings is 1. The van der Waals surface area contributed by atoms with Crippen molar-refractivity contribution in [3.8, 4) is 33.1 Å². The first-order chi connectivity index (χ1) is 18.6. The molecule has 0 radical (unpaired) electrons. The van der Waals surface area contributed by atoms with Gasteiger partial charge < -0.3 is 10.3 Å². The van der Waals surface area contributed by atoms with Gasteiger partial charge in [0, 0.05) is 40.2 Å². The summed E-state index contributed by atoms with van der Waals surface area (Å²) in [6.07, 6.45) is 5.13. The molecule has 0 unspecified atom stereocenters. The average Bonchev–Trinajstić information content (AvgIpc) is 3.60. The van der Waals surface area contributed by atoms with Crippen LogP contribution in [0.2, 0.25) is 0 Å². The van der Waals surface area contributed by atoms with Crippen LogP contribution >= 0.6 is 11.3 Å². The maximum absolute atomic E-state index is 15.2. The standard InChI is InChI=1S/C28H23F2N7OS/c1-28(2,3)11-22(38)33-16-8-15(12-31-13-16)14-9-18-23(19(29)10-14)36-37-25(18)27-34-24-17(6-7-32-26(24)35-27)20-4-5-21(30)39-20/h4-10,12-13H,11H2,1-3H3,(H,33,38)(H,36,37)(H,32,34,35). The summed E-state index contributed by atoms with van der Waals surface area (Å²) in [5, 5.41) is 10.2. The van der Waals surface area contributed by atoms with Gasteiger partial charge in [-0.05, 0) is 47.4 Å². The van der Waals surface area contributed by atoms with Crippen LogP contribution in [0.5, 0.6) is 0 Å². The van der Waals surface area contributed by atoms with Crippen molar-refractivity contribution in [2.24, 2.45) is 5.41 Å². The number of aromatic amines is 2. The van der Waals surface area contributed by atoms with Gasteiger partial charge in [0.05, 0.1) is 17.4 Å². The number of rotatable bonds is 5. The highest BCUT2D eigenvalue weighted by Crippen LogP contribution is 2.35. The smallest absolute Gasteiger partial charge is 0.224 e. The first kappa shape index (κ1) is 24.8. The summed E-state index contributed by atoms with van der Waals surface area (Å²) >= 11 is 1.03. The van der Waals surface area contributed by atoms with Crippen LogP contribution in [0.25, 0.3) is 55.2 Å². The number of nitrogens with zero attached hydrogens (tertiary/aromatic N) is 4. The fourth-order valence-electron chi connectivity index (χ4n) is 4.47. The van der Waals surface area contributed by atoms with Crippen molar-refractivity contribution in [1.82, 2.24) is 30.1 Å². The molecule has 0 spiro atoms. The molecule has 0 saturated carbocycles. The average molecular weight is 544 g/mol. The molecule has 1 amide bonds. The number of aromatic nitrogens is 6. The van der Waals surface area contributed by atoms with Crippen molar-refractivity contribution >= 4 is 45.0 Å². The Morgan fingerprint density at radius 3 is 2.69 bits per heavy atom. The van der Waals surface area contributed by atoms with E-state index in [2.05, 4.69) is 35.5 Å². The summed E-state index contributed by atoms with van der Waals surface area (Å²) in [5.74, 6) is -0.221. The highest BCUT2D eigenvalue weighted by Gasteiger charge is 2.20. The molecule has 6 rings (SSSR count). The Morgan fingerprint density at radius 2 is 1.92 bits per heavy atom. The molecule has 11 heteroatoms. The number of anilines is 1. The molecule has 0 aliphatic heterocycles. The van der Waals surface area contributed by atoms with Crippen molar-refractivity contribution in [3.05, 3.63) is 65.9 Å². The predicted molar refractivity (Wildman–Crippen MR) is 148 cm³/mol. The van der Waals surface area contributed by atoms with Crippen LogP contribution in [0, 0.1) is 16.4 Å². The van der Waals surface area contributed by atoms with Crippen LogP contribution in [0.1, 0.15) is 27.2 Å². The quantitative estimate of drug-likeness (QED) is 0.218. The lowest BCUT2D eigenvalue weighted by Crippen LogP contribution is -2.19. The molecule has 8 nitrogen and oxygen atoms in total. The Kier molecular flexibility index (Phi) is 5.95. The zero-order valence-electron chi connectivity index (χ0n) is 21.3. The fraction of sp³-hybridized carbons (Fsp3) is 0.179. The van der Waals surface area contributed by atoms with E-state index in [1.165, 1.54) is 12.1 Å². The molecule has 1 aromatic carbocycles. The van der Waals surface area contributed by atoms with E-state index >= 15 is 4.39 Å². The van der Waals surface area contributed by atoms with Crippen LogP contribution in [0.15, 0.2) is 55.0 Å². The number of carbonyl (C=O) groups excluding carboxylic acids is 1. The normalized spacial score (nSPS) is 11.9. The molecule has 0 aliphatic carbocycles. The van der Waals surface area contributed by atoms with Gasteiger partial charge in [0.2, 0.25) is 5.91 Å². The number of H-pyrrole nitrogens is 2. The number of hydrogen-bond donors (Lipinski definition) is 3. The lowest BCUT2D eigenvalue weighted by molar-refractivity contribution is -0.117. The van der Waals surface area contributed by atoms with Gasteiger partial charge in [0.25, 0.3) is 0 Å². The van der Waals surface area contributed by atoms with Crippen LogP contribution < -0.4 is 5.32 Å². The van der Waals surface area contributed by atoms with E-state index < -0.39 is 5.82 Å². The second-order valence-corrected chi connectivity index (χ2v) is 11.5. The number of hydrogen-bond acceptors (Lipinski definition) is 6. The SMILES string of the molecule is CC(C)(C)CC(=O)Nc1cncc(-c2cc(F)c3n[nH]c(-c4nc5nccc(-c6ccc(F)s6)c5[nH]4)c3c2)c1. The number of fused-ring (bicyclic) bond motifs is 2. The Balaban J connectivity index is 1.39. The maximum atomic E-state index is 15.2. The second kappa shape index (κ2) is 9.35. The first-order valence-electron chi connectivity index (χ1n) is 12.2. The van der Waals surface area contributed by atoms with E-state index in [0.717, 1.165) is 21.8 Å². The zero-order valence-corrected chi connectivity index (χ0v) is 22.1. The highest BCUT2D eigenvalue weighted by molar-refractivity contribution is 7.14. The van der Waals surface area contributed by atoms with Crippen molar-refractivity contribution < 1.29 is 13.6 Å². The largest absolute Gasteiger partial charge is 0.335 e. The number of benzene rings is 1. The summed E-state index contributed by atoms with van der Waals surface area (Å²) in [6, 6.07) is 9.84. The van der Waals surface area contributed by atoms with E-state index in [9.17, 15) is 9.18 Å². The minimum absolute atomic E-state index is 0.122. The Morgan fingerprint density at radius 1 is 1.08 bits per heavy atom. The van der Waals surface area contributed by atoms with E-state index in [1.807, 2.05) is 20.8 Å². The van der Waals surface area contributed by atoms with Crippen LogP contribution in [-0.4, -0.2) is 36.0 Å². The van der Waals surface area contributed by atoms with E-state index in [4.69, 9.17) is 0 Å². The molecule has 5 heterocycles. The number of halogens is 2. The summed E-state index contributed by atoms with van der Waals surface area (Å²) in [6.45, 7) is 5.97. The minimum atomic E-state index is -0.517. The van der Waals surface area contributed by atoms with Crippen molar-refractivity contribution in [2.75, 3.05) is 5.32 Å². The molecule has 0 fully saturated rings. The molecule has 0 saturated heterocycles. The monoisotopic (exact) mass is 543 g/mol. The van der Waals surface area contributed by atoms with Crippen molar-refractivity contribution in [1.29, 1.82) is 0 Å². The number of amides is 1. The molecule has 0 atom stereocenters. The topological polar surface area (TPSA) is 112 Å². The Bertz CT molecular complexity index is 1870. The summed E-state index contributed by atoms with van der Waals surface area (Å²) < 4.78 is 28.9. The van der Waals surface area contributed by atoms with Gasteiger partial charge in [-0.2, -0.15) is 9.49 Å². The minimum Gasteiger partial charge on any atom is -0.335 e. The number of carbonyl (C=O) groups is 1. The van der Waals surface area contributed by atoms with Gasteiger partial charge in [0.15, 0.2) is 22.4 Å².